The van der Waals surface area contributed by atoms with Gasteiger partial charge in [-0.2, -0.15) is 0 Å². The second kappa shape index (κ2) is 6.77. The number of benzene rings is 2. The maximum Gasteiger partial charge on any atom is 0.226 e. The number of aromatic nitrogens is 1. The summed E-state index contributed by atoms with van der Waals surface area (Å²) >= 11 is 0. The summed E-state index contributed by atoms with van der Waals surface area (Å²) in [5.74, 6) is -0.216. The number of hydrogen-bond donors (Lipinski definition) is 3. The summed E-state index contributed by atoms with van der Waals surface area (Å²) < 4.78 is 0. The third kappa shape index (κ3) is 3.13. The summed E-state index contributed by atoms with van der Waals surface area (Å²) in [6.45, 7) is 2.67. The number of nitrogens with one attached hydrogen (secondary N) is 3. The number of hydrogen-bond acceptors (Lipinski definition) is 3. The Morgan fingerprint density at radius 2 is 1.92 bits per heavy atom. The minimum atomic E-state index is -0.519. The third-order valence-corrected chi connectivity index (χ3v) is 4.87. The molecule has 3 aromatic rings. The smallest absolute Gasteiger partial charge is 0.226 e. The molecule has 3 N–H and O–H groups in total. The predicted molar refractivity (Wildman–Crippen MR) is 103 cm³/mol. The molecule has 1 amide bonds. The Morgan fingerprint density at radius 1 is 1.15 bits per heavy atom. The van der Waals surface area contributed by atoms with Crippen LogP contribution in [0, 0.1) is 6.92 Å². The standard InChI is InChI=1S/C21H21N3O2/c1-13-6-8-14(9-7-13)23-19(25)12-18-21(26)20-16(10-11-22-18)15-4-2-3-5-17(15)24-20/h2-9,18,22,24H,10-12H2,1H3,(H,23,25). The quantitative estimate of drug-likeness (QED) is 0.681. The molecule has 1 aromatic heterocycles. The molecule has 1 atom stereocenters. The normalized spacial score (nSPS) is 17.0. The molecule has 0 spiro atoms. The first-order chi connectivity index (χ1) is 12.6. The maximum atomic E-state index is 13.0. The van der Waals surface area contributed by atoms with Gasteiger partial charge in [0.15, 0.2) is 5.78 Å². The van der Waals surface area contributed by atoms with Gasteiger partial charge in [-0.1, -0.05) is 35.9 Å². The summed E-state index contributed by atoms with van der Waals surface area (Å²) in [6.07, 6.45) is 0.878. The fourth-order valence-corrected chi connectivity index (χ4v) is 3.51. The molecule has 2 aromatic carbocycles. The number of carbonyl (C=O) groups is 2. The molecule has 1 aliphatic rings. The Bertz CT molecular complexity index is 973. The lowest BCUT2D eigenvalue weighted by molar-refractivity contribution is -0.116. The van der Waals surface area contributed by atoms with Gasteiger partial charge in [0.25, 0.3) is 0 Å². The first-order valence-electron chi connectivity index (χ1n) is 8.85. The fraction of sp³-hybridized carbons (Fsp3) is 0.238. The van der Waals surface area contributed by atoms with Crippen LogP contribution in [0.1, 0.15) is 28.0 Å². The molecule has 0 saturated carbocycles. The van der Waals surface area contributed by atoms with E-state index in [0.717, 1.165) is 34.1 Å². The van der Waals surface area contributed by atoms with Crippen molar-refractivity contribution in [1.29, 1.82) is 0 Å². The van der Waals surface area contributed by atoms with Gasteiger partial charge in [0.05, 0.1) is 11.7 Å². The van der Waals surface area contributed by atoms with Gasteiger partial charge in [-0.3, -0.25) is 9.59 Å². The van der Waals surface area contributed by atoms with Gasteiger partial charge in [-0.25, -0.2) is 0 Å². The van der Waals surface area contributed by atoms with Gasteiger partial charge >= 0.3 is 0 Å². The number of rotatable bonds is 3. The lowest BCUT2D eigenvalue weighted by Crippen LogP contribution is -2.39. The number of aryl methyl sites for hydroxylation is 1. The van der Waals surface area contributed by atoms with Crippen molar-refractivity contribution in [3.63, 3.8) is 0 Å². The van der Waals surface area contributed by atoms with Crippen molar-refractivity contribution in [3.05, 3.63) is 65.4 Å². The zero-order valence-electron chi connectivity index (χ0n) is 14.6. The Balaban J connectivity index is 1.53. The van der Waals surface area contributed by atoms with E-state index in [2.05, 4.69) is 15.6 Å². The van der Waals surface area contributed by atoms with Crippen LogP contribution >= 0.6 is 0 Å². The molecule has 5 nitrogen and oxygen atoms in total. The molecule has 132 valence electrons. The molecule has 0 bridgehead atoms. The zero-order valence-corrected chi connectivity index (χ0v) is 14.6. The number of anilines is 1. The molecule has 4 rings (SSSR count). The van der Waals surface area contributed by atoms with Crippen LogP contribution in [-0.4, -0.2) is 29.3 Å². The highest BCUT2D eigenvalue weighted by molar-refractivity contribution is 6.07. The molecule has 26 heavy (non-hydrogen) atoms. The van der Waals surface area contributed by atoms with E-state index in [1.807, 2.05) is 55.5 Å². The Kier molecular flexibility index (Phi) is 4.31. The topological polar surface area (TPSA) is 74.0 Å². The Morgan fingerprint density at radius 3 is 2.73 bits per heavy atom. The molecule has 0 radical (unpaired) electrons. The fourth-order valence-electron chi connectivity index (χ4n) is 3.51. The highest BCUT2D eigenvalue weighted by atomic mass is 16.2. The van der Waals surface area contributed by atoms with Crippen molar-refractivity contribution in [1.82, 2.24) is 10.3 Å². The van der Waals surface area contributed by atoms with Crippen LogP contribution in [0.4, 0.5) is 5.69 Å². The average molecular weight is 347 g/mol. The van der Waals surface area contributed by atoms with Crippen molar-refractivity contribution in [2.24, 2.45) is 0 Å². The second-order valence-electron chi connectivity index (χ2n) is 6.76. The van der Waals surface area contributed by atoms with Gasteiger partial charge in [-0.15, -0.1) is 0 Å². The van der Waals surface area contributed by atoms with Crippen LogP contribution in [0.3, 0.4) is 0 Å². The molecule has 5 heteroatoms. The second-order valence-corrected chi connectivity index (χ2v) is 6.76. The molecule has 1 aliphatic heterocycles. The minimum absolute atomic E-state index is 0.0484. The molecular weight excluding hydrogens is 326 g/mol. The number of para-hydroxylation sites is 1. The van der Waals surface area contributed by atoms with E-state index in [-0.39, 0.29) is 18.1 Å². The average Bonchev–Trinajstić information content (AvgIpc) is 2.94. The number of H-pyrrole nitrogens is 1. The van der Waals surface area contributed by atoms with Crippen LogP contribution in [0.2, 0.25) is 0 Å². The summed E-state index contributed by atoms with van der Waals surface area (Å²) in [7, 11) is 0. The predicted octanol–water partition coefficient (Wildman–Crippen LogP) is 3.20. The van der Waals surface area contributed by atoms with E-state index >= 15 is 0 Å². The summed E-state index contributed by atoms with van der Waals surface area (Å²) in [5, 5.41) is 7.18. The van der Waals surface area contributed by atoms with Gasteiger partial charge in [0.1, 0.15) is 0 Å². The summed E-state index contributed by atoms with van der Waals surface area (Å²) in [6, 6.07) is 15.0. The molecule has 1 unspecified atom stereocenters. The first-order valence-corrected chi connectivity index (χ1v) is 8.85. The van der Waals surface area contributed by atoms with E-state index in [1.165, 1.54) is 0 Å². The van der Waals surface area contributed by atoms with E-state index in [0.29, 0.717) is 12.2 Å². The molecule has 0 fully saturated rings. The zero-order chi connectivity index (χ0) is 18.1. The minimum Gasteiger partial charge on any atom is -0.352 e. The highest BCUT2D eigenvalue weighted by Crippen LogP contribution is 2.26. The lowest BCUT2D eigenvalue weighted by atomic mass is 10.0. The van der Waals surface area contributed by atoms with Crippen LogP contribution in [0.5, 0.6) is 0 Å². The van der Waals surface area contributed by atoms with Crippen LogP contribution < -0.4 is 10.6 Å². The van der Waals surface area contributed by atoms with E-state index in [4.69, 9.17) is 0 Å². The molecule has 0 aliphatic carbocycles. The summed E-state index contributed by atoms with van der Waals surface area (Å²) in [4.78, 5) is 28.6. The van der Waals surface area contributed by atoms with Crippen LogP contribution in [0.25, 0.3) is 10.9 Å². The van der Waals surface area contributed by atoms with Gasteiger partial charge in [0, 0.05) is 23.0 Å². The lowest BCUT2D eigenvalue weighted by Gasteiger charge is -2.14. The number of Topliss-reactive ketones (excluding diaryl/α,β-unsaturated/α-hetero) is 1. The number of ketones is 1. The first kappa shape index (κ1) is 16.5. The number of amides is 1. The molecule has 0 saturated heterocycles. The number of aromatic amines is 1. The maximum absolute atomic E-state index is 13.0. The van der Waals surface area contributed by atoms with Crippen molar-refractivity contribution < 1.29 is 9.59 Å². The van der Waals surface area contributed by atoms with E-state index in [1.54, 1.807) is 0 Å². The molecular formula is C21H21N3O2. The van der Waals surface area contributed by atoms with Gasteiger partial charge < -0.3 is 15.6 Å². The number of carbonyl (C=O) groups excluding carboxylic acids is 2. The van der Waals surface area contributed by atoms with Crippen molar-refractivity contribution in [2.75, 3.05) is 11.9 Å². The van der Waals surface area contributed by atoms with Crippen molar-refractivity contribution in [2.45, 2.75) is 25.8 Å². The SMILES string of the molecule is Cc1ccc(NC(=O)CC2NCCc3c([nH]c4ccccc34)C2=O)cc1. The third-order valence-electron chi connectivity index (χ3n) is 4.87. The van der Waals surface area contributed by atoms with Crippen molar-refractivity contribution in [3.8, 4) is 0 Å². The van der Waals surface area contributed by atoms with Crippen LogP contribution in [-0.2, 0) is 11.2 Å². The van der Waals surface area contributed by atoms with Crippen molar-refractivity contribution >= 4 is 28.3 Å². The van der Waals surface area contributed by atoms with E-state index in [9.17, 15) is 9.59 Å². The number of fused-ring (bicyclic) bond motifs is 3. The van der Waals surface area contributed by atoms with Gasteiger partial charge in [-0.05, 0) is 43.7 Å². The Hall–Kier alpha value is -2.92. The Labute approximate surface area is 151 Å². The monoisotopic (exact) mass is 347 g/mol. The van der Waals surface area contributed by atoms with Crippen LogP contribution in [0.15, 0.2) is 48.5 Å². The molecule has 2 heterocycles. The van der Waals surface area contributed by atoms with Gasteiger partial charge in [0.2, 0.25) is 5.91 Å². The largest absolute Gasteiger partial charge is 0.352 e. The summed E-state index contributed by atoms with van der Waals surface area (Å²) in [5.41, 5.74) is 4.52. The highest BCUT2D eigenvalue weighted by Gasteiger charge is 2.29. The van der Waals surface area contributed by atoms with E-state index < -0.39 is 6.04 Å².